The van der Waals surface area contributed by atoms with Crippen LogP contribution in [0.1, 0.15) is 58.4 Å². The van der Waals surface area contributed by atoms with E-state index in [2.05, 4.69) is 26.6 Å². The summed E-state index contributed by atoms with van der Waals surface area (Å²) in [4.78, 5) is 66.1. The molecule has 3 amide bonds. The molecular weight excluding hydrogens is 630 g/mol. The molecule has 11 N–H and O–H groups in total. The number of Topliss-reactive ketones (excluding diaryl/α,β-unsaturated/α-hetero) is 1. The number of methoxy groups -OCH3 is 1. The molecule has 2 atom stereocenters. The summed E-state index contributed by atoms with van der Waals surface area (Å²) >= 11 is 0. The van der Waals surface area contributed by atoms with E-state index in [4.69, 9.17) is 27.0 Å². The van der Waals surface area contributed by atoms with Gasteiger partial charge in [-0.25, -0.2) is 4.79 Å². The number of nitrogens with two attached hydrogens (primary N) is 2. The average Bonchev–Trinajstić information content (AvgIpc) is 3.08. The van der Waals surface area contributed by atoms with Crippen molar-refractivity contribution in [3.8, 4) is 0 Å². The van der Waals surface area contributed by atoms with Gasteiger partial charge in [-0.05, 0) is 74.1 Å². The highest BCUT2D eigenvalue weighted by atomic mass is 16.5. The number of ketones is 1. The van der Waals surface area contributed by atoms with E-state index in [9.17, 15) is 24.0 Å². The number of nitrogens with one attached hydrogen (secondary N) is 7. The number of guanidine groups is 2. The SMILES string of the molecule is COC(=O)C(CCCNC(=N)N)NC(=O)C(CCCCNC(=N)N)NC(=O)C(=O)c1cc(C)ccc1NC(=O)c1ccc2ccccc2c1. The summed E-state index contributed by atoms with van der Waals surface area (Å²) < 4.78 is 4.84. The summed E-state index contributed by atoms with van der Waals surface area (Å²) in [6.07, 6.45) is 1.45. The molecule has 0 fully saturated rings. The van der Waals surface area contributed by atoms with E-state index in [0.717, 1.165) is 10.8 Å². The molecule has 3 rings (SSSR count). The number of carbonyl (C=O) groups is 5. The first-order valence-corrected chi connectivity index (χ1v) is 15.7. The first-order chi connectivity index (χ1) is 23.4. The van der Waals surface area contributed by atoms with Crippen molar-refractivity contribution in [3.05, 3.63) is 77.4 Å². The van der Waals surface area contributed by atoms with Gasteiger partial charge >= 0.3 is 5.97 Å². The molecule has 49 heavy (non-hydrogen) atoms. The van der Waals surface area contributed by atoms with Crippen LogP contribution in [0.5, 0.6) is 0 Å². The quantitative estimate of drug-likeness (QED) is 0.0250. The summed E-state index contributed by atoms with van der Waals surface area (Å²) in [6, 6.07) is 15.2. The number of rotatable bonds is 17. The number of esters is 1. The topological polar surface area (TPSA) is 254 Å². The van der Waals surface area contributed by atoms with Gasteiger partial charge in [-0.15, -0.1) is 0 Å². The van der Waals surface area contributed by atoms with Crippen molar-refractivity contribution >= 4 is 57.9 Å². The molecule has 0 saturated carbocycles. The summed E-state index contributed by atoms with van der Waals surface area (Å²) in [5, 5.41) is 29.5. The Hall–Kier alpha value is -5.99. The van der Waals surface area contributed by atoms with Crippen LogP contribution in [0.4, 0.5) is 5.69 Å². The lowest BCUT2D eigenvalue weighted by atomic mass is 10.0. The van der Waals surface area contributed by atoms with Crippen LogP contribution in [-0.2, 0) is 19.1 Å². The van der Waals surface area contributed by atoms with Gasteiger partial charge in [0, 0.05) is 18.7 Å². The molecule has 0 aliphatic heterocycles. The third-order valence-electron chi connectivity index (χ3n) is 7.53. The van der Waals surface area contributed by atoms with E-state index in [1.165, 1.54) is 19.2 Å². The van der Waals surface area contributed by atoms with Crippen LogP contribution >= 0.6 is 0 Å². The van der Waals surface area contributed by atoms with E-state index in [0.29, 0.717) is 36.9 Å². The standard InChI is InChI=1S/C34H43N9O6/c1-20-12-15-25(41-29(45)23-14-13-21-8-3-4-9-22(21)19-23)24(18-20)28(44)31(47)42-26(10-5-6-16-39-33(35)36)30(46)43-27(32(48)49-2)11-7-17-40-34(37)38/h3-4,8-9,12-15,18-19,26-27H,5-7,10-11,16-17H2,1-2H3,(H,41,45)(H,42,47)(H,43,46)(H4,35,36,39)(H4,37,38,40). The summed E-state index contributed by atoms with van der Waals surface area (Å²) in [7, 11) is 1.17. The highest BCUT2D eigenvalue weighted by Gasteiger charge is 2.30. The van der Waals surface area contributed by atoms with Crippen LogP contribution < -0.4 is 38.1 Å². The van der Waals surface area contributed by atoms with E-state index >= 15 is 0 Å². The first kappa shape index (κ1) is 37.5. The molecule has 3 aromatic carbocycles. The molecule has 15 nitrogen and oxygen atoms in total. The summed E-state index contributed by atoms with van der Waals surface area (Å²) in [5.41, 5.74) is 11.7. The third-order valence-corrected chi connectivity index (χ3v) is 7.53. The van der Waals surface area contributed by atoms with Crippen LogP contribution in [0.15, 0.2) is 60.7 Å². The maximum absolute atomic E-state index is 13.6. The van der Waals surface area contributed by atoms with Gasteiger partial charge in [0.1, 0.15) is 12.1 Å². The fourth-order valence-corrected chi connectivity index (χ4v) is 4.98. The number of carbonyl (C=O) groups excluding carboxylic acids is 5. The number of anilines is 1. The molecule has 3 aromatic rings. The summed E-state index contributed by atoms with van der Waals surface area (Å²) in [5.74, 6) is -4.43. The third kappa shape index (κ3) is 11.6. The fourth-order valence-electron chi connectivity index (χ4n) is 4.98. The predicted molar refractivity (Wildman–Crippen MR) is 186 cm³/mol. The number of benzene rings is 3. The summed E-state index contributed by atoms with van der Waals surface area (Å²) in [6.45, 7) is 2.34. The van der Waals surface area contributed by atoms with Gasteiger partial charge in [0.2, 0.25) is 5.91 Å². The second-order valence-corrected chi connectivity index (χ2v) is 11.3. The van der Waals surface area contributed by atoms with E-state index in [1.807, 2.05) is 30.3 Å². The normalized spacial score (nSPS) is 11.8. The number of unbranched alkanes of at least 4 members (excludes halogenated alkanes) is 1. The zero-order valence-electron chi connectivity index (χ0n) is 27.5. The van der Waals surface area contributed by atoms with Gasteiger partial charge < -0.3 is 42.8 Å². The van der Waals surface area contributed by atoms with Gasteiger partial charge in [0.15, 0.2) is 11.9 Å². The number of fused-ring (bicyclic) bond motifs is 1. The molecule has 15 heteroatoms. The van der Waals surface area contributed by atoms with E-state index in [1.54, 1.807) is 25.1 Å². The molecule has 0 spiro atoms. The Labute approximate surface area is 283 Å². The van der Waals surface area contributed by atoms with E-state index in [-0.39, 0.29) is 42.6 Å². The van der Waals surface area contributed by atoms with Crippen LogP contribution in [0, 0.1) is 17.7 Å². The molecule has 0 aliphatic rings. The Morgan fingerprint density at radius 3 is 2.10 bits per heavy atom. The average molecular weight is 674 g/mol. The second kappa shape index (κ2) is 18.4. The molecule has 2 unspecified atom stereocenters. The van der Waals surface area contributed by atoms with Crippen molar-refractivity contribution in [1.29, 1.82) is 10.8 Å². The Bertz CT molecular complexity index is 1710. The van der Waals surface area contributed by atoms with Crippen LogP contribution in [0.3, 0.4) is 0 Å². The zero-order chi connectivity index (χ0) is 35.9. The number of hydrogen-bond acceptors (Lipinski definition) is 8. The monoisotopic (exact) mass is 673 g/mol. The van der Waals surface area contributed by atoms with Crippen LogP contribution in [0.25, 0.3) is 10.8 Å². The van der Waals surface area contributed by atoms with Crippen molar-refractivity contribution in [2.75, 3.05) is 25.5 Å². The van der Waals surface area contributed by atoms with Gasteiger partial charge in [-0.3, -0.25) is 30.0 Å². The van der Waals surface area contributed by atoms with E-state index < -0.39 is 41.6 Å². The predicted octanol–water partition coefficient (Wildman–Crippen LogP) is 1.64. The number of aryl methyl sites for hydroxylation is 1. The maximum Gasteiger partial charge on any atom is 0.328 e. The molecule has 0 heterocycles. The fraction of sp³-hybridized carbons (Fsp3) is 0.324. The van der Waals surface area contributed by atoms with Crippen molar-refractivity contribution in [1.82, 2.24) is 21.3 Å². The molecular formula is C34H43N9O6. The highest BCUT2D eigenvalue weighted by molar-refractivity contribution is 6.44. The minimum absolute atomic E-state index is 0.0677. The number of amides is 3. The first-order valence-electron chi connectivity index (χ1n) is 15.7. The van der Waals surface area contributed by atoms with Gasteiger partial charge in [-0.1, -0.05) is 42.0 Å². The molecule has 0 radical (unpaired) electrons. The second-order valence-electron chi connectivity index (χ2n) is 11.3. The maximum atomic E-state index is 13.6. The van der Waals surface area contributed by atoms with Gasteiger partial charge in [0.25, 0.3) is 17.6 Å². The number of hydrogen-bond donors (Lipinski definition) is 9. The van der Waals surface area contributed by atoms with Crippen molar-refractivity contribution in [2.45, 2.75) is 51.1 Å². The highest BCUT2D eigenvalue weighted by Crippen LogP contribution is 2.21. The van der Waals surface area contributed by atoms with Gasteiger partial charge in [0.05, 0.1) is 18.4 Å². The number of ether oxygens (including phenoxy) is 1. The molecule has 260 valence electrons. The minimum Gasteiger partial charge on any atom is -0.467 e. The Balaban J connectivity index is 1.78. The van der Waals surface area contributed by atoms with Crippen molar-refractivity contribution < 1.29 is 28.7 Å². The Kier molecular flexibility index (Phi) is 14.0. The van der Waals surface area contributed by atoms with Crippen molar-refractivity contribution in [3.63, 3.8) is 0 Å². The Morgan fingerprint density at radius 2 is 1.43 bits per heavy atom. The smallest absolute Gasteiger partial charge is 0.328 e. The lowest BCUT2D eigenvalue weighted by molar-refractivity contribution is -0.145. The van der Waals surface area contributed by atoms with Crippen molar-refractivity contribution in [2.24, 2.45) is 11.5 Å². The van der Waals surface area contributed by atoms with Gasteiger partial charge in [-0.2, -0.15) is 0 Å². The molecule has 0 aliphatic carbocycles. The lowest BCUT2D eigenvalue weighted by Crippen LogP contribution is -2.53. The molecule has 0 saturated heterocycles. The molecule has 0 aromatic heterocycles. The van der Waals surface area contributed by atoms with Crippen LogP contribution in [-0.4, -0.2) is 73.7 Å². The zero-order valence-corrected chi connectivity index (χ0v) is 27.5. The Morgan fingerprint density at radius 1 is 0.776 bits per heavy atom. The lowest BCUT2D eigenvalue weighted by Gasteiger charge is -2.22. The minimum atomic E-state index is -1.23. The van der Waals surface area contributed by atoms with Crippen LogP contribution in [0.2, 0.25) is 0 Å². The molecule has 0 bridgehead atoms. The largest absolute Gasteiger partial charge is 0.467 e.